The molecule has 0 unspecified atom stereocenters. The number of thiophene rings is 1. The Balaban J connectivity index is 1.52. The minimum absolute atomic E-state index is 0.0422. The van der Waals surface area contributed by atoms with Crippen LogP contribution < -0.4 is 15.2 Å². The number of piperidine rings is 1. The maximum atomic E-state index is 13.0. The van der Waals surface area contributed by atoms with Crippen molar-refractivity contribution in [2.24, 2.45) is 5.73 Å². The number of likely N-dealkylation sites (tertiary alicyclic amines) is 1. The van der Waals surface area contributed by atoms with E-state index in [-0.39, 0.29) is 18.4 Å². The number of nitrogens with two attached hydrogens (primary N) is 1. The molecule has 8 nitrogen and oxygen atoms in total. The van der Waals surface area contributed by atoms with Crippen molar-refractivity contribution in [2.75, 3.05) is 26.3 Å². The summed E-state index contributed by atoms with van der Waals surface area (Å²) < 4.78 is 12.9. The minimum Gasteiger partial charge on any atom is -0.485 e. The lowest BCUT2D eigenvalue weighted by molar-refractivity contribution is -0.118. The van der Waals surface area contributed by atoms with Gasteiger partial charge in [0.25, 0.3) is 5.91 Å². The summed E-state index contributed by atoms with van der Waals surface area (Å²) in [5, 5.41) is 1.82. The van der Waals surface area contributed by atoms with Crippen molar-refractivity contribution >= 4 is 23.2 Å². The Labute approximate surface area is 154 Å². The number of imidazole rings is 1. The van der Waals surface area contributed by atoms with Gasteiger partial charge in [-0.15, -0.1) is 11.3 Å². The molecule has 2 aliphatic heterocycles. The fourth-order valence-corrected chi connectivity index (χ4v) is 4.41. The lowest BCUT2D eigenvalue weighted by Gasteiger charge is -2.32. The first-order chi connectivity index (χ1) is 12.6. The van der Waals surface area contributed by atoms with Gasteiger partial charge < -0.3 is 24.7 Å². The second-order valence-electron chi connectivity index (χ2n) is 6.43. The van der Waals surface area contributed by atoms with E-state index in [1.807, 2.05) is 10.3 Å². The number of amides is 2. The zero-order valence-corrected chi connectivity index (χ0v) is 15.0. The fourth-order valence-electron chi connectivity index (χ4n) is 3.51. The number of nitrogens with zero attached hydrogens (tertiary/aromatic N) is 3. The van der Waals surface area contributed by atoms with E-state index in [1.165, 1.54) is 11.3 Å². The number of fused-ring (bicyclic) bond motifs is 1. The highest BCUT2D eigenvalue weighted by Gasteiger charge is 2.32. The van der Waals surface area contributed by atoms with Gasteiger partial charge >= 0.3 is 0 Å². The number of hydrogen-bond donors (Lipinski definition) is 1. The molecule has 138 valence electrons. The number of hydrogen-bond acceptors (Lipinski definition) is 6. The van der Waals surface area contributed by atoms with Crippen LogP contribution in [0.15, 0.2) is 17.8 Å². The van der Waals surface area contributed by atoms with Crippen LogP contribution in [0.5, 0.6) is 11.5 Å². The molecule has 2 aromatic heterocycles. The highest BCUT2D eigenvalue weighted by Crippen LogP contribution is 2.40. The average molecular weight is 376 g/mol. The molecule has 2 aromatic rings. The summed E-state index contributed by atoms with van der Waals surface area (Å²) in [4.78, 5) is 31.1. The molecule has 0 saturated carbocycles. The molecule has 2 aliphatic rings. The van der Waals surface area contributed by atoms with Gasteiger partial charge in [-0.1, -0.05) is 0 Å². The van der Waals surface area contributed by atoms with Crippen LogP contribution in [0, 0.1) is 0 Å². The Morgan fingerprint density at radius 1 is 1.35 bits per heavy atom. The summed E-state index contributed by atoms with van der Waals surface area (Å²) in [6, 6.07) is 0. The van der Waals surface area contributed by atoms with Crippen LogP contribution in [0.4, 0.5) is 0 Å². The van der Waals surface area contributed by atoms with E-state index >= 15 is 0 Å². The molecule has 9 heteroatoms. The Morgan fingerprint density at radius 3 is 3.04 bits per heavy atom. The summed E-state index contributed by atoms with van der Waals surface area (Å²) in [6.45, 7) is 2.31. The van der Waals surface area contributed by atoms with Crippen molar-refractivity contribution in [1.82, 2.24) is 14.5 Å². The molecular formula is C17H20N4O4S. The van der Waals surface area contributed by atoms with E-state index in [2.05, 4.69) is 4.98 Å². The highest BCUT2D eigenvalue weighted by molar-refractivity contribution is 7.12. The number of carbonyl (C=O) groups excluding carboxylic acids is 2. The first-order valence-corrected chi connectivity index (χ1v) is 9.47. The quantitative estimate of drug-likeness (QED) is 0.865. The Hall–Kier alpha value is -2.55. The van der Waals surface area contributed by atoms with Crippen molar-refractivity contribution in [1.29, 1.82) is 0 Å². The van der Waals surface area contributed by atoms with E-state index in [1.54, 1.807) is 17.0 Å². The second-order valence-corrected chi connectivity index (χ2v) is 7.30. The maximum Gasteiger partial charge on any atom is 0.267 e. The largest absolute Gasteiger partial charge is 0.485 e. The van der Waals surface area contributed by atoms with Crippen molar-refractivity contribution in [3.63, 3.8) is 0 Å². The molecule has 26 heavy (non-hydrogen) atoms. The lowest BCUT2D eigenvalue weighted by atomic mass is 9.97. The van der Waals surface area contributed by atoms with Crippen molar-refractivity contribution in [2.45, 2.75) is 25.3 Å². The number of rotatable bonds is 4. The van der Waals surface area contributed by atoms with Crippen LogP contribution in [0.2, 0.25) is 0 Å². The molecule has 1 atom stereocenters. The van der Waals surface area contributed by atoms with Gasteiger partial charge in [0, 0.05) is 36.8 Å². The topological polar surface area (TPSA) is 99.7 Å². The van der Waals surface area contributed by atoms with Gasteiger partial charge in [0.1, 0.15) is 30.5 Å². The van der Waals surface area contributed by atoms with Crippen LogP contribution in [0.3, 0.4) is 0 Å². The Kier molecular flexibility index (Phi) is 4.54. The SMILES string of the molecule is NC(=O)Cn1ccnc1[C@@H]1CCCN(C(=O)c2scc3c2OCCO3)C1. The van der Waals surface area contributed by atoms with Gasteiger partial charge in [-0.3, -0.25) is 9.59 Å². The molecular weight excluding hydrogens is 356 g/mol. The third-order valence-corrected chi connectivity index (χ3v) is 5.57. The standard InChI is InChI=1S/C17H20N4O4S/c18-13(22)9-20-5-3-19-16(20)11-2-1-4-21(8-11)17(23)15-14-12(10-26-15)24-6-7-25-14/h3,5,10-11H,1-2,4,6-9H2,(H2,18,22)/t11-/m1/s1. The van der Waals surface area contributed by atoms with E-state index in [9.17, 15) is 9.59 Å². The highest BCUT2D eigenvalue weighted by atomic mass is 32.1. The van der Waals surface area contributed by atoms with E-state index in [0.29, 0.717) is 42.7 Å². The van der Waals surface area contributed by atoms with Crippen molar-refractivity contribution < 1.29 is 19.1 Å². The molecule has 0 spiro atoms. The molecule has 2 amide bonds. The fraction of sp³-hybridized carbons (Fsp3) is 0.471. The smallest absolute Gasteiger partial charge is 0.267 e. The zero-order valence-electron chi connectivity index (χ0n) is 14.2. The number of carbonyl (C=O) groups is 2. The molecule has 4 heterocycles. The lowest BCUT2D eigenvalue weighted by Crippen LogP contribution is -2.40. The van der Waals surface area contributed by atoms with E-state index in [0.717, 1.165) is 18.7 Å². The van der Waals surface area contributed by atoms with Gasteiger partial charge in [0.15, 0.2) is 11.5 Å². The second kappa shape index (κ2) is 6.99. The molecule has 2 N–H and O–H groups in total. The van der Waals surface area contributed by atoms with E-state index in [4.69, 9.17) is 15.2 Å². The van der Waals surface area contributed by atoms with Crippen LogP contribution in [-0.4, -0.2) is 52.6 Å². The summed E-state index contributed by atoms with van der Waals surface area (Å²) in [5.74, 6) is 1.64. The number of aromatic nitrogens is 2. The Bertz CT molecular complexity index is 831. The predicted octanol–water partition coefficient (Wildman–Crippen LogP) is 1.22. The van der Waals surface area contributed by atoms with Crippen LogP contribution in [-0.2, 0) is 11.3 Å². The van der Waals surface area contributed by atoms with Gasteiger partial charge in [0.05, 0.1) is 0 Å². The third kappa shape index (κ3) is 3.14. The Morgan fingerprint density at radius 2 is 2.19 bits per heavy atom. The number of ether oxygens (including phenoxy) is 2. The van der Waals surface area contributed by atoms with Crippen LogP contribution >= 0.6 is 11.3 Å². The van der Waals surface area contributed by atoms with Gasteiger partial charge in [-0.05, 0) is 12.8 Å². The van der Waals surface area contributed by atoms with Gasteiger partial charge in [-0.25, -0.2) is 4.98 Å². The summed E-state index contributed by atoms with van der Waals surface area (Å²) in [5.41, 5.74) is 5.31. The summed E-state index contributed by atoms with van der Waals surface area (Å²) >= 11 is 1.35. The molecule has 1 saturated heterocycles. The molecule has 0 aliphatic carbocycles. The molecule has 4 rings (SSSR count). The van der Waals surface area contributed by atoms with Gasteiger partial charge in [0.2, 0.25) is 5.91 Å². The molecule has 0 radical (unpaired) electrons. The first-order valence-electron chi connectivity index (χ1n) is 8.59. The van der Waals surface area contributed by atoms with E-state index < -0.39 is 5.91 Å². The van der Waals surface area contributed by atoms with Crippen LogP contribution in [0.1, 0.15) is 34.3 Å². The zero-order chi connectivity index (χ0) is 18.1. The van der Waals surface area contributed by atoms with Gasteiger partial charge in [-0.2, -0.15) is 0 Å². The van der Waals surface area contributed by atoms with Crippen molar-refractivity contribution in [3.8, 4) is 11.5 Å². The first kappa shape index (κ1) is 16.9. The molecule has 0 bridgehead atoms. The van der Waals surface area contributed by atoms with Crippen LogP contribution in [0.25, 0.3) is 0 Å². The summed E-state index contributed by atoms with van der Waals surface area (Å²) in [6.07, 6.45) is 5.22. The predicted molar refractivity (Wildman–Crippen MR) is 94.6 cm³/mol. The van der Waals surface area contributed by atoms with Crippen molar-refractivity contribution in [3.05, 3.63) is 28.5 Å². The average Bonchev–Trinajstić information content (AvgIpc) is 3.27. The summed E-state index contributed by atoms with van der Waals surface area (Å²) in [7, 11) is 0. The minimum atomic E-state index is -0.407. The monoisotopic (exact) mass is 376 g/mol. The normalized spacial score (nSPS) is 19.4. The maximum absolute atomic E-state index is 13.0. The third-order valence-electron chi connectivity index (χ3n) is 4.64. The molecule has 0 aromatic carbocycles. The number of primary amides is 1. The molecule has 1 fully saturated rings.